The van der Waals surface area contributed by atoms with Crippen molar-refractivity contribution in [2.75, 3.05) is 6.61 Å². The van der Waals surface area contributed by atoms with Crippen molar-refractivity contribution in [1.29, 1.82) is 0 Å². The van der Waals surface area contributed by atoms with E-state index in [1.54, 1.807) is 31.7 Å². The highest BCUT2D eigenvalue weighted by molar-refractivity contribution is 7.94. The van der Waals surface area contributed by atoms with Gasteiger partial charge in [-0.1, -0.05) is 22.5 Å². The first kappa shape index (κ1) is 18.1. The van der Waals surface area contributed by atoms with E-state index in [4.69, 9.17) is 18.5 Å². The number of esters is 1. The predicted octanol–water partition coefficient (Wildman–Crippen LogP) is 4.54. The number of fused-ring (bicyclic) bond motifs is 1. The number of nitrogens with zero attached hydrogens (tertiary/aromatic N) is 2. The fraction of sp³-hybridized carbons (Fsp3) is 0.100. The molecule has 0 aliphatic rings. The van der Waals surface area contributed by atoms with Gasteiger partial charge in [0.2, 0.25) is 0 Å². The van der Waals surface area contributed by atoms with Gasteiger partial charge in [0.05, 0.1) is 42.9 Å². The van der Waals surface area contributed by atoms with Crippen LogP contribution in [0, 0.1) is 0 Å². The van der Waals surface area contributed by atoms with E-state index in [1.165, 1.54) is 10.9 Å². The number of hydrogen-bond donors (Lipinski definition) is 0. The van der Waals surface area contributed by atoms with Crippen molar-refractivity contribution in [1.82, 2.24) is 9.71 Å². The molecule has 0 bridgehead atoms. The molecule has 3 aromatic heterocycles. The second-order valence-corrected chi connectivity index (χ2v) is 6.51. The number of carbonyl (C=O) groups is 1. The molecule has 142 valence electrons. The van der Waals surface area contributed by atoms with Gasteiger partial charge in [0.15, 0.2) is 5.65 Å². The minimum absolute atomic E-state index is 0.292. The summed E-state index contributed by atoms with van der Waals surface area (Å²) < 4.78 is 16.9. The molecule has 4 aromatic rings. The summed E-state index contributed by atoms with van der Waals surface area (Å²) in [7, 11) is 0. The van der Waals surface area contributed by atoms with E-state index in [2.05, 4.69) is 4.98 Å². The maximum Gasteiger partial charge on any atom is 0.339 e. The number of ether oxygens (including phenoxy) is 1. The summed E-state index contributed by atoms with van der Waals surface area (Å²) in [6.45, 7) is 2.05. The lowest BCUT2D eigenvalue weighted by atomic mass is 10.1. The number of hydrogen-bond acceptors (Lipinski definition) is 7. The Morgan fingerprint density at radius 1 is 1.25 bits per heavy atom. The van der Waals surface area contributed by atoms with Gasteiger partial charge < -0.3 is 9.15 Å². The Morgan fingerprint density at radius 3 is 2.86 bits per heavy atom. The molecule has 28 heavy (non-hydrogen) atoms. The number of benzene rings is 1. The molecule has 0 unspecified atom stereocenters. The largest absolute Gasteiger partial charge is 0.472 e. The van der Waals surface area contributed by atoms with Crippen LogP contribution in [0.3, 0.4) is 0 Å². The van der Waals surface area contributed by atoms with Gasteiger partial charge >= 0.3 is 5.97 Å². The van der Waals surface area contributed by atoms with Crippen molar-refractivity contribution in [3.8, 4) is 11.1 Å². The Morgan fingerprint density at radius 2 is 2.11 bits per heavy atom. The normalized spacial score (nSPS) is 10.9. The van der Waals surface area contributed by atoms with Gasteiger partial charge in [0.25, 0.3) is 0 Å². The summed E-state index contributed by atoms with van der Waals surface area (Å²) in [5, 5.41) is 0.709. The smallest absolute Gasteiger partial charge is 0.339 e. The van der Waals surface area contributed by atoms with E-state index in [0.717, 1.165) is 28.1 Å². The van der Waals surface area contributed by atoms with Crippen molar-refractivity contribution in [2.24, 2.45) is 0 Å². The first-order valence-corrected chi connectivity index (χ1v) is 9.28. The molecule has 0 aliphatic carbocycles. The quantitative estimate of drug-likeness (QED) is 0.196. The van der Waals surface area contributed by atoms with E-state index < -0.39 is 5.97 Å². The van der Waals surface area contributed by atoms with Crippen molar-refractivity contribution in [2.45, 2.75) is 11.8 Å². The molecule has 0 aliphatic heterocycles. The zero-order valence-corrected chi connectivity index (χ0v) is 15.7. The summed E-state index contributed by atoms with van der Waals surface area (Å²) in [6.07, 6.45) is 6.35. The van der Waals surface area contributed by atoms with Crippen LogP contribution in [0.2, 0.25) is 0 Å². The van der Waals surface area contributed by atoms with E-state index in [1.807, 2.05) is 36.4 Å². The van der Waals surface area contributed by atoms with Crippen molar-refractivity contribution in [3.05, 3.63) is 72.9 Å². The van der Waals surface area contributed by atoms with Crippen LogP contribution in [0.25, 0.3) is 22.2 Å². The highest BCUT2D eigenvalue weighted by Gasteiger charge is 2.17. The van der Waals surface area contributed by atoms with Crippen molar-refractivity contribution >= 4 is 29.0 Å². The van der Waals surface area contributed by atoms with Crippen molar-refractivity contribution in [3.63, 3.8) is 0 Å². The fourth-order valence-corrected chi connectivity index (χ4v) is 3.12. The lowest BCUT2D eigenvalue weighted by Gasteiger charge is -2.05. The van der Waals surface area contributed by atoms with Gasteiger partial charge in [0, 0.05) is 27.6 Å². The standard InChI is InChI=1S/C20H16N2O5S/c1-2-25-20(23)15-10-17-18(14-8-9-24-13-14)12-22(19(17)21-11-15)26-27-28-16-6-4-3-5-7-16/h3-13H,2H2,1H3. The second-order valence-electron chi connectivity index (χ2n) is 5.74. The number of aromatic nitrogens is 2. The molecule has 0 N–H and O–H groups in total. The summed E-state index contributed by atoms with van der Waals surface area (Å²) in [6, 6.07) is 13.1. The van der Waals surface area contributed by atoms with Crippen molar-refractivity contribution < 1.29 is 23.3 Å². The van der Waals surface area contributed by atoms with Crippen LogP contribution in [0.15, 0.2) is 76.7 Å². The first-order valence-electron chi connectivity index (χ1n) is 8.54. The van der Waals surface area contributed by atoms with E-state index >= 15 is 0 Å². The predicted molar refractivity (Wildman–Crippen MR) is 103 cm³/mol. The van der Waals surface area contributed by atoms with Crippen LogP contribution in [0.4, 0.5) is 0 Å². The average molecular weight is 396 g/mol. The molecule has 0 amide bonds. The first-order chi connectivity index (χ1) is 13.8. The van der Waals surface area contributed by atoms with Crippen LogP contribution in [-0.4, -0.2) is 22.3 Å². The Bertz CT molecular complexity index is 1080. The number of furan rings is 1. The van der Waals surface area contributed by atoms with Crippen LogP contribution in [-0.2, 0) is 9.07 Å². The van der Waals surface area contributed by atoms with Crippen LogP contribution in [0.5, 0.6) is 0 Å². The maximum atomic E-state index is 12.1. The molecule has 0 fully saturated rings. The molecule has 8 heteroatoms. The molecule has 7 nitrogen and oxygen atoms in total. The van der Waals surface area contributed by atoms with Crippen LogP contribution in [0.1, 0.15) is 17.3 Å². The maximum absolute atomic E-state index is 12.1. The topological polar surface area (TPSA) is 75.7 Å². The molecular formula is C20H16N2O5S. The van der Waals surface area contributed by atoms with E-state index in [0.29, 0.717) is 23.2 Å². The van der Waals surface area contributed by atoms with E-state index in [-0.39, 0.29) is 0 Å². The molecule has 0 spiro atoms. The molecule has 0 radical (unpaired) electrons. The monoisotopic (exact) mass is 396 g/mol. The third kappa shape index (κ3) is 3.73. The van der Waals surface area contributed by atoms with E-state index in [9.17, 15) is 4.79 Å². The Balaban J connectivity index is 1.65. The Kier molecular flexibility index (Phi) is 5.31. The summed E-state index contributed by atoms with van der Waals surface area (Å²) in [4.78, 5) is 22.7. The fourth-order valence-electron chi connectivity index (χ4n) is 2.67. The number of rotatable bonds is 7. The van der Waals surface area contributed by atoms with Crippen LogP contribution < -0.4 is 4.99 Å². The van der Waals surface area contributed by atoms with Crippen LogP contribution >= 0.6 is 12.0 Å². The molecule has 0 saturated carbocycles. The average Bonchev–Trinajstić information content (AvgIpc) is 3.37. The second kappa shape index (κ2) is 8.20. The molecule has 4 rings (SSSR count). The lowest BCUT2D eigenvalue weighted by Crippen LogP contribution is -2.09. The van der Waals surface area contributed by atoms with Gasteiger partial charge in [-0.2, -0.15) is 0 Å². The van der Waals surface area contributed by atoms with Gasteiger partial charge in [-0.15, -0.1) is 4.73 Å². The van der Waals surface area contributed by atoms with Gasteiger partial charge in [0.1, 0.15) is 0 Å². The lowest BCUT2D eigenvalue weighted by molar-refractivity contribution is -0.188. The summed E-state index contributed by atoms with van der Waals surface area (Å²) in [5.41, 5.74) is 2.47. The van der Waals surface area contributed by atoms with Gasteiger partial charge in [-0.05, 0) is 31.2 Å². The third-order valence-corrected chi connectivity index (χ3v) is 4.53. The Labute approximate surface area is 164 Å². The summed E-state index contributed by atoms with van der Waals surface area (Å²) in [5.74, 6) is -0.431. The molecule has 1 aromatic carbocycles. The molecule has 0 saturated heterocycles. The third-order valence-electron chi connectivity index (χ3n) is 3.94. The summed E-state index contributed by atoms with van der Waals surface area (Å²) >= 11 is 1.08. The van der Waals surface area contributed by atoms with Gasteiger partial charge in [-0.3, -0.25) is 0 Å². The highest BCUT2D eigenvalue weighted by Crippen LogP contribution is 2.31. The molecular weight excluding hydrogens is 380 g/mol. The zero-order valence-electron chi connectivity index (χ0n) is 14.9. The highest BCUT2D eigenvalue weighted by atomic mass is 32.2. The minimum Gasteiger partial charge on any atom is -0.472 e. The van der Waals surface area contributed by atoms with Gasteiger partial charge in [-0.25, -0.2) is 14.8 Å². The SMILES string of the molecule is CCOC(=O)c1cnc2c(c1)c(-c1ccoc1)cn2OOSc1ccccc1. The number of pyridine rings is 1. The molecule has 0 atom stereocenters. The zero-order chi connectivity index (χ0) is 19.3. The molecule has 3 heterocycles. The number of carbonyl (C=O) groups excluding carboxylic acids is 1. The minimum atomic E-state index is -0.431. The Hall–Kier alpha value is -3.23.